The summed E-state index contributed by atoms with van der Waals surface area (Å²) in [7, 11) is 0. The van der Waals surface area contributed by atoms with Crippen molar-refractivity contribution in [2.45, 2.75) is 19.9 Å². The lowest BCUT2D eigenvalue weighted by atomic mass is 10.1. The summed E-state index contributed by atoms with van der Waals surface area (Å²) >= 11 is 0. The zero-order chi connectivity index (χ0) is 14.4. The Labute approximate surface area is 120 Å². The first-order valence-corrected chi connectivity index (χ1v) is 7.27. The van der Waals surface area contributed by atoms with Crippen molar-refractivity contribution < 1.29 is 4.79 Å². The molecule has 4 N–H and O–H groups in total. The molecule has 0 radical (unpaired) electrons. The molecular formula is C15H24N4O. The van der Waals surface area contributed by atoms with Gasteiger partial charge in [0.15, 0.2) is 0 Å². The number of hydrogen-bond donors (Lipinski definition) is 3. The summed E-state index contributed by atoms with van der Waals surface area (Å²) in [5.41, 5.74) is 7.39. The maximum atomic E-state index is 11.8. The van der Waals surface area contributed by atoms with E-state index in [4.69, 9.17) is 5.73 Å². The number of carbonyl (C=O) groups excluding carboxylic acids is 1. The van der Waals surface area contributed by atoms with Crippen LogP contribution in [-0.2, 0) is 6.54 Å². The SMILES string of the molecule is CCN1CCC(CNC(=O)Nc2ccc(CN)cc2)C1. The number of anilines is 1. The van der Waals surface area contributed by atoms with Gasteiger partial charge in [0.2, 0.25) is 0 Å². The molecule has 1 aliphatic heterocycles. The number of benzene rings is 1. The minimum Gasteiger partial charge on any atom is -0.338 e. The second-order valence-electron chi connectivity index (χ2n) is 5.28. The van der Waals surface area contributed by atoms with E-state index in [0.29, 0.717) is 12.5 Å². The second-order valence-corrected chi connectivity index (χ2v) is 5.28. The van der Waals surface area contributed by atoms with E-state index in [0.717, 1.165) is 37.4 Å². The summed E-state index contributed by atoms with van der Waals surface area (Å²) in [4.78, 5) is 14.2. The molecule has 1 atom stereocenters. The smallest absolute Gasteiger partial charge is 0.319 e. The van der Waals surface area contributed by atoms with Crippen molar-refractivity contribution in [1.82, 2.24) is 10.2 Å². The highest BCUT2D eigenvalue weighted by molar-refractivity contribution is 5.89. The van der Waals surface area contributed by atoms with Crippen molar-refractivity contribution in [3.8, 4) is 0 Å². The molecule has 1 unspecified atom stereocenters. The molecule has 1 heterocycles. The third-order valence-electron chi connectivity index (χ3n) is 3.82. The molecule has 1 saturated heterocycles. The van der Waals surface area contributed by atoms with Crippen LogP contribution in [0.4, 0.5) is 10.5 Å². The molecule has 1 aliphatic rings. The number of rotatable bonds is 5. The van der Waals surface area contributed by atoms with Crippen LogP contribution in [0.25, 0.3) is 0 Å². The molecule has 20 heavy (non-hydrogen) atoms. The first-order chi connectivity index (χ1) is 9.71. The molecule has 2 rings (SSSR count). The van der Waals surface area contributed by atoms with Gasteiger partial charge in [-0.1, -0.05) is 19.1 Å². The average molecular weight is 276 g/mol. The quantitative estimate of drug-likeness (QED) is 0.765. The van der Waals surface area contributed by atoms with Crippen LogP contribution in [0.5, 0.6) is 0 Å². The van der Waals surface area contributed by atoms with Crippen molar-refractivity contribution >= 4 is 11.7 Å². The van der Waals surface area contributed by atoms with Crippen molar-refractivity contribution in [3.05, 3.63) is 29.8 Å². The van der Waals surface area contributed by atoms with Gasteiger partial charge in [-0.05, 0) is 43.1 Å². The van der Waals surface area contributed by atoms with Gasteiger partial charge >= 0.3 is 6.03 Å². The number of nitrogens with zero attached hydrogens (tertiary/aromatic N) is 1. The van der Waals surface area contributed by atoms with Gasteiger partial charge in [-0.25, -0.2) is 4.79 Å². The molecule has 2 amide bonds. The van der Waals surface area contributed by atoms with Crippen molar-refractivity contribution in [2.75, 3.05) is 31.5 Å². The van der Waals surface area contributed by atoms with Gasteiger partial charge in [-0.3, -0.25) is 0 Å². The van der Waals surface area contributed by atoms with Crippen LogP contribution in [0, 0.1) is 5.92 Å². The lowest BCUT2D eigenvalue weighted by molar-refractivity contribution is 0.250. The fourth-order valence-electron chi connectivity index (χ4n) is 2.50. The Morgan fingerprint density at radius 1 is 1.40 bits per heavy atom. The van der Waals surface area contributed by atoms with E-state index >= 15 is 0 Å². The van der Waals surface area contributed by atoms with Gasteiger partial charge in [0, 0.05) is 25.3 Å². The van der Waals surface area contributed by atoms with E-state index in [2.05, 4.69) is 22.5 Å². The molecule has 110 valence electrons. The van der Waals surface area contributed by atoms with Crippen molar-refractivity contribution in [2.24, 2.45) is 11.7 Å². The van der Waals surface area contributed by atoms with E-state index in [1.165, 1.54) is 6.42 Å². The van der Waals surface area contributed by atoms with Crippen molar-refractivity contribution in [1.29, 1.82) is 0 Å². The summed E-state index contributed by atoms with van der Waals surface area (Å²) < 4.78 is 0. The van der Waals surface area contributed by atoms with E-state index in [1.54, 1.807) is 0 Å². The van der Waals surface area contributed by atoms with Crippen LogP contribution < -0.4 is 16.4 Å². The molecular weight excluding hydrogens is 252 g/mol. The lowest BCUT2D eigenvalue weighted by Gasteiger charge is -2.14. The van der Waals surface area contributed by atoms with E-state index < -0.39 is 0 Å². The predicted molar refractivity (Wildman–Crippen MR) is 81.6 cm³/mol. The summed E-state index contributed by atoms with van der Waals surface area (Å²) in [5, 5.41) is 5.78. The number of amides is 2. The van der Waals surface area contributed by atoms with E-state index in [9.17, 15) is 4.79 Å². The molecule has 1 aromatic rings. The predicted octanol–water partition coefficient (Wildman–Crippen LogP) is 1.61. The standard InChI is InChI=1S/C15H24N4O/c1-2-19-8-7-13(11-19)10-17-15(20)18-14-5-3-12(9-16)4-6-14/h3-6,13H,2,7-11,16H2,1H3,(H2,17,18,20). The molecule has 0 saturated carbocycles. The van der Waals surface area contributed by atoms with Crippen LogP contribution in [0.15, 0.2) is 24.3 Å². The third-order valence-corrected chi connectivity index (χ3v) is 3.82. The van der Waals surface area contributed by atoms with Gasteiger partial charge in [-0.2, -0.15) is 0 Å². The van der Waals surface area contributed by atoms with Gasteiger partial charge in [0.05, 0.1) is 0 Å². The Balaban J connectivity index is 1.72. The Morgan fingerprint density at radius 2 is 2.15 bits per heavy atom. The maximum absolute atomic E-state index is 11.8. The Morgan fingerprint density at radius 3 is 2.75 bits per heavy atom. The third kappa shape index (κ3) is 4.21. The minimum absolute atomic E-state index is 0.138. The fourth-order valence-corrected chi connectivity index (χ4v) is 2.50. The fraction of sp³-hybridized carbons (Fsp3) is 0.533. The molecule has 0 spiro atoms. The number of hydrogen-bond acceptors (Lipinski definition) is 3. The molecule has 0 aliphatic carbocycles. The van der Waals surface area contributed by atoms with Crippen molar-refractivity contribution in [3.63, 3.8) is 0 Å². The molecule has 5 heteroatoms. The maximum Gasteiger partial charge on any atom is 0.319 e. The van der Waals surface area contributed by atoms with E-state index in [1.807, 2.05) is 24.3 Å². The topological polar surface area (TPSA) is 70.4 Å². The zero-order valence-electron chi connectivity index (χ0n) is 12.1. The van der Waals surface area contributed by atoms with Gasteiger partial charge in [0.1, 0.15) is 0 Å². The van der Waals surface area contributed by atoms with E-state index in [-0.39, 0.29) is 6.03 Å². The average Bonchev–Trinajstić information content (AvgIpc) is 2.94. The second kappa shape index (κ2) is 7.26. The van der Waals surface area contributed by atoms with Crippen LogP contribution in [0.3, 0.4) is 0 Å². The normalized spacial score (nSPS) is 19.0. The Bertz CT molecular complexity index is 432. The van der Waals surface area contributed by atoms with Crippen LogP contribution in [0.1, 0.15) is 18.9 Å². The largest absolute Gasteiger partial charge is 0.338 e. The highest BCUT2D eigenvalue weighted by Gasteiger charge is 2.21. The zero-order valence-corrected chi connectivity index (χ0v) is 12.1. The molecule has 1 fully saturated rings. The molecule has 0 bridgehead atoms. The Kier molecular flexibility index (Phi) is 5.38. The first kappa shape index (κ1) is 14.8. The molecule has 1 aromatic carbocycles. The summed E-state index contributed by atoms with van der Waals surface area (Å²) in [6, 6.07) is 7.45. The number of nitrogens with one attached hydrogen (secondary N) is 2. The highest BCUT2D eigenvalue weighted by atomic mass is 16.2. The lowest BCUT2D eigenvalue weighted by Crippen LogP contribution is -2.34. The number of carbonyl (C=O) groups is 1. The molecule has 0 aromatic heterocycles. The number of urea groups is 1. The number of nitrogens with two attached hydrogens (primary N) is 1. The highest BCUT2D eigenvalue weighted by Crippen LogP contribution is 2.14. The van der Waals surface area contributed by atoms with Gasteiger partial charge in [0.25, 0.3) is 0 Å². The minimum atomic E-state index is -0.138. The van der Waals surface area contributed by atoms with Gasteiger partial charge in [-0.15, -0.1) is 0 Å². The van der Waals surface area contributed by atoms with Crippen LogP contribution in [-0.4, -0.2) is 37.1 Å². The number of likely N-dealkylation sites (tertiary alicyclic amines) is 1. The Hall–Kier alpha value is -1.59. The first-order valence-electron chi connectivity index (χ1n) is 7.27. The summed E-state index contributed by atoms with van der Waals surface area (Å²) in [6.07, 6.45) is 1.17. The monoisotopic (exact) mass is 276 g/mol. The summed E-state index contributed by atoms with van der Waals surface area (Å²) in [6.45, 7) is 6.75. The molecule has 5 nitrogen and oxygen atoms in total. The van der Waals surface area contributed by atoms with Gasteiger partial charge < -0.3 is 21.3 Å². The summed E-state index contributed by atoms with van der Waals surface area (Å²) in [5.74, 6) is 0.570. The van der Waals surface area contributed by atoms with Crippen LogP contribution >= 0.6 is 0 Å². The van der Waals surface area contributed by atoms with Crippen LogP contribution in [0.2, 0.25) is 0 Å².